The maximum absolute atomic E-state index is 13.6. The molecule has 0 aliphatic carbocycles. The van der Waals surface area contributed by atoms with E-state index >= 15 is 0 Å². The van der Waals surface area contributed by atoms with Crippen LogP contribution in [0.2, 0.25) is 5.02 Å². The lowest BCUT2D eigenvalue weighted by Gasteiger charge is -2.34. The predicted molar refractivity (Wildman–Crippen MR) is 124 cm³/mol. The number of aliphatic hydroxyl groups is 1. The fourth-order valence-corrected chi connectivity index (χ4v) is 4.38. The molecule has 1 N–H and O–H groups in total. The van der Waals surface area contributed by atoms with E-state index < -0.39 is 0 Å². The molecule has 1 fully saturated rings. The third-order valence-electron chi connectivity index (χ3n) is 5.85. The molecule has 0 spiro atoms. The van der Waals surface area contributed by atoms with Gasteiger partial charge in [0, 0.05) is 24.7 Å². The normalized spacial score (nSPS) is 19.2. The number of anilines is 1. The lowest BCUT2D eigenvalue weighted by molar-refractivity contribution is -0.120. The summed E-state index contributed by atoms with van der Waals surface area (Å²) >= 11 is 6.01. The molecule has 0 saturated carbocycles. The summed E-state index contributed by atoms with van der Waals surface area (Å²) in [5, 5.41) is 10.2. The number of carbonyl (C=O) groups excluding carboxylic acids is 2. The summed E-state index contributed by atoms with van der Waals surface area (Å²) in [5.74, 6) is 0.0927. The van der Waals surface area contributed by atoms with Crippen LogP contribution in [0.4, 0.5) is 5.69 Å². The smallest absolute Gasteiger partial charge is 0.282 e. The van der Waals surface area contributed by atoms with Crippen LogP contribution in [0.3, 0.4) is 0 Å². The first-order valence-corrected chi connectivity index (χ1v) is 11.4. The highest BCUT2D eigenvalue weighted by Gasteiger charge is 2.43. The molecule has 0 bridgehead atoms. The van der Waals surface area contributed by atoms with Gasteiger partial charge in [-0.1, -0.05) is 30.7 Å². The van der Waals surface area contributed by atoms with Gasteiger partial charge in [0.25, 0.3) is 11.8 Å². The predicted octanol–water partition coefficient (Wildman–Crippen LogP) is 4.12. The molecule has 2 heterocycles. The summed E-state index contributed by atoms with van der Waals surface area (Å²) < 4.78 is 5.67. The number of rotatable bonds is 7. The summed E-state index contributed by atoms with van der Waals surface area (Å²) in [5.41, 5.74) is 1.93. The SMILES string of the molecule is CCCOc1ccc(C2=C(N3CCCC(CO)C3)C(=O)N(c3ccc(Cl)cc3)C2=O)cc1. The van der Waals surface area contributed by atoms with Crippen molar-refractivity contribution in [1.82, 2.24) is 4.90 Å². The minimum Gasteiger partial charge on any atom is -0.494 e. The Hall–Kier alpha value is -2.83. The van der Waals surface area contributed by atoms with E-state index in [1.165, 1.54) is 4.90 Å². The molecule has 4 rings (SSSR count). The van der Waals surface area contributed by atoms with Crippen LogP contribution in [0.15, 0.2) is 54.2 Å². The van der Waals surface area contributed by atoms with Crippen LogP contribution in [0.1, 0.15) is 31.7 Å². The van der Waals surface area contributed by atoms with Crippen molar-refractivity contribution in [3.63, 3.8) is 0 Å². The molecule has 1 unspecified atom stereocenters. The Balaban J connectivity index is 1.74. The number of likely N-dealkylation sites (tertiary alicyclic amines) is 1. The van der Waals surface area contributed by atoms with Gasteiger partial charge in [-0.3, -0.25) is 9.59 Å². The van der Waals surface area contributed by atoms with E-state index in [9.17, 15) is 14.7 Å². The molecule has 1 saturated heterocycles. The fourth-order valence-electron chi connectivity index (χ4n) is 4.25. The molecule has 2 aliphatic rings. The Labute approximate surface area is 193 Å². The van der Waals surface area contributed by atoms with E-state index in [2.05, 4.69) is 0 Å². The number of nitrogens with zero attached hydrogens (tertiary/aromatic N) is 2. The van der Waals surface area contributed by atoms with E-state index in [-0.39, 0.29) is 24.3 Å². The van der Waals surface area contributed by atoms with Gasteiger partial charge in [0.2, 0.25) is 0 Å². The van der Waals surface area contributed by atoms with Crippen molar-refractivity contribution >= 4 is 34.7 Å². The number of piperidine rings is 1. The third kappa shape index (κ3) is 4.38. The number of hydrogen-bond acceptors (Lipinski definition) is 5. The Bertz CT molecular complexity index is 1020. The average molecular weight is 455 g/mol. The van der Waals surface area contributed by atoms with Crippen molar-refractivity contribution in [3.05, 3.63) is 64.8 Å². The van der Waals surface area contributed by atoms with Gasteiger partial charge in [-0.25, -0.2) is 4.90 Å². The number of imide groups is 1. The number of hydrogen-bond donors (Lipinski definition) is 1. The fraction of sp³-hybridized carbons (Fsp3) is 0.360. The summed E-state index contributed by atoms with van der Waals surface area (Å²) in [6.45, 7) is 3.93. The average Bonchev–Trinajstić information content (AvgIpc) is 3.08. The number of benzene rings is 2. The quantitative estimate of drug-likeness (QED) is 0.637. The van der Waals surface area contributed by atoms with Crippen LogP contribution < -0.4 is 9.64 Å². The highest BCUT2D eigenvalue weighted by Crippen LogP contribution is 2.37. The maximum Gasteiger partial charge on any atom is 0.282 e. The van der Waals surface area contributed by atoms with Crippen molar-refractivity contribution in [2.24, 2.45) is 5.92 Å². The van der Waals surface area contributed by atoms with Crippen LogP contribution in [-0.2, 0) is 9.59 Å². The molecule has 6 nitrogen and oxygen atoms in total. The highest BCUT2D eigenvalue weighted by atomic mass is 35.5. The topological polar surface area (TPSA) is 70.1 Å². The van der Waals surface area contributed by atoms with E-state index in [1.807, 2.05) is 36.1 Å². The summed E-state index contributed by atoms with van der Waals surface area (Å²) in [4.78, 5) is 30.3. The molecule has 2 amide bonds. The largest absolute Gasteiger partial charge is 0.494 e. The first-order chi connectivity index (χ1) is 15.5. The second-order valence-electron chi connectivity index (χ2n) is 8.16. The number of carbonyl (C=O) groups is 2. The Morgan fingerprint density at radius 2 is 1.78 bits per heavy atom. The molecular formula is C25H27ClN2O4. The molecule has 0 radical (unpaired) electrons. The number of aliphatic hydroxyl groups excluding tert-OH is 1. The summed E-state index contributed by atoms with van der Waals surface area (Å²) in [6, 6.07) is 14.0. The number of halogens is 1. The Kier molecular flexibility index (Phi) is 6.82. The van der Waals surface area contributed by atoms with E-state index in [0.29, 0.717) is 47.2 Å². The van der Waals surface area contributed by atoms with E-state index in [4.69, 9.17) is 16.3 Å². The monoisotopic (exact) mass is 454 g/mol. The Morgan fingerprint density at radius 1 is 1.06 bits per heavy atom. The number of ether oxygens (including phenoxy) is 1. The van der Waals surface area contributed by atoms with Gasteiger partial charge < -0.3 is 14.7 Å². The minimum absolute atomic E-state index is 0.0611. The van der Waals surface area contributed by atoms with Crippen molar-refractivity contribution in [2.45, 2.75) is 26.2 Å². The molecule has 1 atom stereocenters. The highest BCUT2D eigenvalue weighted by molar-refractivity contribution is 6.45. The zero-order valence-electron chi connectivity index (χ0n) is 18.1. The molecule has 168 valence electrons. The second kappa shape index (κ2) is 9.76. The van der Waals surface area contributed by atoms with E-state index in [1.54, 1.807) is 24.3 Å². The van der Waals surface area contributed by atoms with E-state index in [0.717, 1.165) is 25.0 Å². The zero-order valence-corrected chi connectivity index (χ0v) is 18.8. The summed E-state index contributed by atoms with van der Waals surface area (Å²) in [6.07, 6.45) is 2.66. The zero-order chi connectivity index (χ0) is 22.7. The van der Waals surface area contributed by atoms with Gasteiger partial charge in [-0.2, -0.15) is 0 Å². The van der Waals surface area contributed by atoms with Crippen molar-refractivity contribution in [3.8, 4) is 5.75 Å². The lowest BCUT2D eigenvalue weighted by atomic mass is 9.97. The molecule has 0 aromatic heterocycles. The van der Waals surface area contributed by atoms with Gasteiger partial charge in [-0.15, -0.1) is 0 Å². The van der Waals surface area contributed by atoms with Gasteiger partial charge >= 0.3 is 0 Å². The van der Waals surface area contributed by atoms with Gasteiger partial charge in [0.05, 0.1) is 17.9 Å². The molecule has 7 heteroatoms. The number of amides is 2. The first-order valence-electron chi connectivity index (χ1n) is 11.0. The molecule has 2 aliphatic heterocycles. The molecule has 32 heavy (non-hydrogen) atoms. The molecular weight excluding hydrogens is 428 g/mol. The van der Waals surface area contributed by atoms with Crippen molar-refractivity contribution in [2.75, 3.05) is 31.2 Å². The van der Waals surface area contributed by atoms with Crippen molar-refractivity contribution in [1.29, 1.82) is 0 Å². The first kappa shape index (κ1) is 22.4. The van der Waals surface area contributed by atoms with Crippen LogP contribution >= 0.6 is 11.6 Å². The standard InChI is InChI=1S/C25H27ClN2O4/c1-2-14-32-21-11-5-18(6-12-21)22-23(27-13-3-4-17(15-27)16-29)25(31)28(24(22)30)20-9-7-19(26)8-10-20/h5-12,17,29H,2-4,13-16H2,1H3. The van der Waals surface area contributed by atoms with Crippen LogP contribution in [0.25, 0.3) is 5.57 Å². The second-order valence-corrected chi connectivity index (χ2v) is 8.59. The molecule has 2 aromatic rings. The van der Waals surface area contributed by atoms with Gasteiger partial charge in [0.1, 0.15) is 11.4 Å². The third-order valence-corrected chi connectivity index (χ3v) is 6.11. The van der Waals surface area contributed by atoms with Crippen molar-refractivity contribution < 1.29 is 19.4 Å². The van der Waals surface area contributed by atoms with Gasteiger partial charge in [-0.05, 0) is 67.1 Å². The van der Waals surface area contributed by atoms with Crippen LogP contribution in [-0.4, -0.2) is 48.1 Å². The summed E-state index contributed by atoms with van der Waals surface area (Å²) in [7, 11) is 0. The van der Waals surface area contributed by atoms with Crippen LogP contribution in [0, 0.1) is 5.92 Å². The molecule has 2 aromatic carbocycles. The van der Waals surface area contributed by atoms with Crippen LogP contribution in [0.5, 0.6) is 5.75 Å². The maximum atomic E-state index is 13.6. The minimum atomic E-state index is -0.360. The lowest BCUT2D eigenvalue weighted by Crippen LogP contribution is -2.40. The van der Waals surface area contributed by atoms with Gasteiger partial charge in [0.15, 0.2) is 0 Å². The Morgan fingerprint density at radius 3 is 2.44 bits per heavy atom.